The van der Waals surface area contributed by atoms with Crippen LogP contribution in [0.2, 0.25) is 0 Å². The molecule has 8 nitrogen and oxygen atoms in total. The minimum atomic E-state index is -0.348. The summed E-state index contributed by atoms with van der Waals surface area (Å²) in [5.74, 6) is 0.145. The van der Waals surface area contributed by atoms with Crippen molar-refractivity contribution in [1.82, 2.24) is 9.47 Å². The van der Waals surface area contributed by atoms with Crippen molar-refractivity contribution in [3.05, 3.63) is 31.9 Å². The lowest BCUT2D eigenvalue weighted by Gasteiger charge is -2.35. The molecule has 0 saturated carbocycles. The minimum Gasteiger partial charge on any atom is -0.466 e. The van der Waals surface area contributed by atoms with Gasteiger partial charge in [0.1, 0.15) is 21.8 Å². The lowest BCUT2D eigenvalue weighted by molar-refractivity contribution is -0.148. The topological polar surface area (TPSA) is 95.6 Å². The van der Waals surface area contributed by atoms with Crippen LogP contribution in [-0.4, -0.2) is 51.4 Å². The molecule has 0 radical (unpaired) electrons. The summed E-state index contributed by atoms with van der Waals surface area (Å²) < 4.78 is 7.30. The number of hydrogen-bond acceptors (Lipinski definition) is 8. The van der Waals surface area contributed by atoms with E-state index in [-0.39, 0.29) is 35.0 Å². The van der Waals surface area contributed by atoms with Crippen LogP contribution in [-0.2, 0) is 20.9 Å². The zero-order chi connectivity index (χ0) is 25.9. The first-order valence-corrected chi connectivity index (χ1v) is 13.3. The Morgan fingerprint density at radius 3 is 2.49 bits per heavy atom. The summed E-state index contributed by atoms with van der Waals surface area (Å²) in [6.45, 7) is 11.2. The molecule has 35 heavy (non-hydrogen) atoms. The highest BCUT2D eigenvalue weighted by molar-refractivity contribution is 8.26. The highest BCUT2D eigenvalue weighted by atomic mass is 32.2. The quantitative estimate of drug-likeness (QED) is 0.307. The molecule has 1 atom stereocenters. The van der Waals surface area contributed by atoms with E-state index in [0.29, 0.717) is 65.3 Å². The van der Waals surface area contributed by atoms with Gasteiger partial charge in [-0.25, -0.2) is 0 Å². The van der Waals surface area contributed by atoms with Crippen LogP contribution >= 0.6 is 24.0 Å². The molecule has 0 spiro atoms. The maximum Gasteiger partial charge on any atom is 0.309 e. The number of hydrogen-bond donors (Lipinski definition) is 0. The molecule has 1 unspecified atom stereocenters. The van der Waals surface area contributed by atoms with Crippen molar-refractivity contribution in [1.29, 1.82) is 5.26 Å². The number of thioether (sulfide) groups is 1. The van der Waals surface area contributed by atoms with E-state index in [4.69, 9.17) is 17.0 Å². The van der Waals surface area contributed by atoms with Crippen LogP contribution in [0, 0.1) is 24.2 Å². The van der Waals surface area contributed by atoms with E-state index < -0.39 is 0 Å². The van der Waals surface area contributed by atoms with Gasteiger partial charge in [0.05, 0.1) is 17.4 Å². The number of esters is 1. The molecular formula is C25H32N4O4S2. The lowest BCUT2D eigenvalue weighted by Crippen LogP contribution is -2.41. The summed E-state index contributed by atoms with van der Waals surface area (Å²) in [6, 6.07) is 2.04. The molecule has 3 heterocycles. The molecule has 3 rings (SSSR count). The van der Waals surface area contributed by atoms with Crippen molar-refractivity contribution in [2.75, 3.05) is 24.6 Å². The number of anilines is 1. The monoisotopic (exact) mass is 516 g/mol. The summed E-state index contributed by atoms with van der Waals surface area (Å²) in [4.78, 5) is 42.8. The Kier molecular flexibility index (Phi) is 8.78. The third-order valence-electron chi connectivity index (χ3n) is 6.71. The summed E-state index contributed by atoms with van der Waals surface area (Å²) >= 11 is 6.73. The van der Waals surface area contributed by atoms with E-state index in [9.17, 15) is 19.6 Å². The number of pyridine rings is 1. The van der Waals surface area contributed by atoms with Crippen molar-refractivity contribution in [3.8, 4) is 6.07 Å². The molecule has 0 N–H and O–H groups in total. The number of carbonyl (C=O) groups is 2. The predicted molar refractivity (Wildman–Crippen MR) is 142 cm³/mol. The third-order valence-corrected chi connectivity index (χ3v) is 8.04. The molecule has 2 aliphatic heterocycles. The minimum absolute atomic E-state index is 0.0184. The number of nitrogens with zero attached hydrogens (tertiary/aromatic N) is 4. The van der Waals surface area contributed by atoms with E-state index in [1.54, 1.807) is 29.4 Å². The van der Waals surface area contributed by atoms with Crippen LogP contribution in [0.25, 0.3) is 6.08 Å². The zero-order valence-corrected chi connectivity index (χ0v) is 22.6. The highest BCUT2D eigenvalue weighted by Gasteiger charge is 2.36. The molecule has 188 valence electrons. The van der Waals surface area contributed by atoms with Gasteiger partial charge in [0.15, 0.2) is 0 Å². The standard InChI is InChI=1S/C25H32N4O4S2/c1-6-15(4)29-23(31)20(35-25(29)34)13-18-16(5)19(14-26)22(30)28(7-2)21(18)27-11-9-17(10-12-27)24(32)33-8-3/h13,15,17H,6-12H2,1-5H3/b20-13-. The van der Waals surface area contributed by atoms with Crippen molar-refractivity contribution >= 4 is 52.1 Å². The number of thiocarbonyl (C=S) groups is 1. The number of piperidine rings is 1. The van der Waals surface area contributed by atoms with Crippen LogP contribution in [0.4, 0.5) is 5.82 Å². The summed E-state index contributed by atoms with van der Waals surface area (Å²) in [5, 5.41) is 9.74. The molecule has 2 aliphatic rings. The van der Waals surface area contributed by atoms with Crippen LogP contribution < -0.4 is 10.5 Å². The second kappa shape index (κ2) is 11.4. The molecule has 2 saturated heterocycles. The van der Waals surface area contributed by atoms with Crippen LogP contribution in [0.1, 0.15) is 63.6 Å². The van der Waals surface area contributed by atoms with Crippen LogP contribution in [0.5, 0.6) is 0 Å². The van der Waals surface area contributed by atoms with E-state index in [1.165, 1.54) is 11.8 Å². The Labute approximate surface area is 215 Å². The normalized spacial score (nSPS) is 18.8. The second-order valence-corrected chi connectivity index (χ2v) is 10.4. The highest BCUT2D eigenvalue weighted by Crippen LogP contribution is 2.37. The predicted octanol–water partition coefficient (Wildman–Crippen LogP) is 3.83. The van der Waals surface area contributed by atoms with Crippen molar-refractivity contribution in [2.45, 2.75) is 66.5 Å². The fourth-order valence-electron chi connectivity index (χ4n) is 4.54. The second-order valence-electron chi connectivity index (χ2n) is 8.72. The summed E-state index contributed by atoms with van der Waals surface area (Å²) in [6.07, 6.45) is 3.76. The molecule has 0 bridgehead atoms. The SMILES string of the molecule is CCOC(=O)C1CCN(c2c(/C=C3\SC(=S)N(C(C)CC)C3=O)c(C)c(C#N)c(=O)n2CC)CC1. The van der Waals surface area contributed by atoms with E-state index in [2.05, 4.69) is 11.0 Å². The summed E-state index contributed by atoms with van der Waals surface area (Å²) in [7, 11) is 0. The first-order chi connectivity index (χ1) is 16.7. The first kappa shape index (κ1) is 27.0. The molecule has 1 amide bonds. The van der Waals surface area contributed by atoms with Gasteiger partial charge in [-0.05, 0) is 58.6 Å². The van der Waals surface area contributed by atoms with E-state index >= 15 is 0 Å². The largest absolute Gasteiger partial charge is 0.466 e. The molecule has 0 aromatic carbocycles. The Morgan fingerprint density at radius 2 is 1.94 bits per heavy atom. The Morgan fingerprint density at radius 1 is 1.29 bits per heavy atom. The Bertz CT molecular complexity index is 1160. The van der Waals surface area contributed by atoms with Crippen LogP contribution in [0.15, 0.2) is 9.70 Å². The summed E-state index contributed by atoms with van der Waals surface area (Å²) in [5.41, 5.74) is 0.931. The number of amides is 1. The van der Waals surface area contributed by atoms with Crippen LogP contribution in [0.3, 0.4) is 0 Å². The lowest BCUT2D eigenvalue weighted by atomic mass is 9.95. The van der Waals surface area contributed by atoms with Gasteiger partial charge in [-0.1, -0.05) is 30.9 Å². The van der Waals surface area contributed by atoms with Gasteiger partial charge in [0.25, 0.3) is 11.5 Å². The Balaban J connectivity index is 2.10. The van der Waals surface area contributed by atoms with Crippen molar-refractivity contribution in [2.24, 2.45) is 5.92 Å². The number of carbonyl (C=O) groups excluding carboxylic acids is 2. The maximum atomic E-state index is 13.2. The molecule has 2 fully saturated rings. The van der Waals surface area contributed by atoms with Gasteiger partial charge in [-0.3, -0.25) is 23.9 Å². The van der Waals surface area contributed by atoms with E-state index in [1.807, 2.05) is 20.8 Å². The van der Waals surface area contributed by atoms with Gasteiger partial charge in [-0.15, -0.1) is 0 Å². The smallest absolute Gasteiger partial charge is 0.309 e. The number of nitriles is 1. The van der Waals surface area contributed by atoms with E-state index in [0.717, 1.165) is 6.42 Å². The fraction of sp³-hybridized carbons (Fsp3) is 0.560. The van der Waals surface area contributed by atoms with Gasteiger partial charge in [0.2, 0.25) is 0 Å². The first-order valence-electron chi connectivity index (χ1n) is 12.1. The maximum absolute atomic E-state index is 13.2. The average Bonchev–Trinajstić information content (AvgIpc) is 3.13. The molecule has 1 aromatic heterocycles. The van der Waals surface area contributed by atoms with Crippen molar-refractivity contribution in [3.63, 3.8) is 0 Å². The average molecular weight is 517 g/mol. The molecule has 0 aliphatic carbocycles. The van der Waals surface area contributed by atoms with Gasteiger partial charge < -0.3 is 9.64 Å². The van der Waals surface area contributed by atoms with Gasteiger partial charge >= 0.3 is 5.97 Å². The fourth-order valence-corrected chi connectivity index (χ4v) is 5.98. The van der Waals surface area contributed by atoms with Crippen molar-refractivity contribution < 1.29 is 14.3 Å². The van der Waals surface area contributed by atoms with Gasteiger partial charge in [0, 0.05) is 31.2 Å². The molecule has 10 heteroatoms. The van der Waals surface area contributed by atoms with Gasteiger partial charge in [-0.2, -0.15) is 5.26 Å². The number of aromatic nitrogens is 1. The zero-order valence-electron chi connectivity index (χ0n) is 20.9. The Hall–Kier alpha value is -2.64. The third kappa shape index (κ3) is 5.16. The molecular weight excluding hydrogens is 484 g/mol. The number of ether oxygens (including phenoxy) is 1. The molecule has 1 aromatic rings. The number of rotatable bonds is 7.